The predicted molar refractivity (Wildman–Crippen MR) is 102 cm³/mol. The molecule has 0 aliphatic heterocycles. The van der Waals surface area contributed by atoms with Crippen LogP contribution in [0, 0.1) is 0 Å². The fourth-order valence-corrected chi connectivity index (χ4v) is 3.22. The second-order valence-corrected chi connectivity index (χ2v) is 6.52. The third kappa shape index (κ3) is 3.59. The molecule has 2 heterocycles. The van der Waals surface area contributed by atoms with Crippen molar-refractivity contribution < 1.29 is 22.7 Å². The molecule has 0 bridgehead atoms. The van der Waals surface area contributed by atoms with Crippen LogP contribution in [-0.2, 0) is 13.6 Å². The summed E-state index contributed by atoms with van der Waals surface area (Å²) in [7, 11) is 1.63. The van der Waals surface area contributed by atoms with Gasteiger partial charge in [0, 0.05) is 12.4 Å². The zero-order valence-electron chi connectivity index (χ0n) is 15.6. The summed E-state index contributed by atoms with van der Waals surface area (Å²) in [4.78, 5) is 25.0. The van der Waals surface area contributed by atoms with Gasteiger partial charge in [-0.15, -0.1) is 13.2 Å². The van der Waals surface area contributed by atoms with Crippen molar-refractivity contribution in [2.24, 2.45) is 7.05 Å². The first-order valence-electron chi connectivity index (χ1n) is 8.84. The van der Waals surface area contributed by atoms with Gasteiger partial charge >= 0.3 is 12.1 Å². The van der Waals surface area contributed by atoms with Crippen LogP contribution in [0.2, 0.25) is 0 Å². The molecule has 4 aromatic rings. The zero-order chi connectivity index (χ0) is 21.5. The van der Waals surface area contributed by atoms with Crippen molar-refractivity contribution in [3.05, 3.63) is 76.3 Å². The maximum absolute atomic E-state index is 12.6. The van der Waals surface area contributed by atoms with Crippen molar-refractivity contribution in [1.82, 2.24) is 19.5 Å². The number of carbonyl (C=O) groups excluding carboxylic acids is 1. The van der Waals surface area contributed by atoms with E-state index in [2.05, 4.69) is 15.2 Å². The normalized spacial score (nSPS) is 11.7. The molecule has 30 heavy (non-hydrogen) atoms. The van der Waals surface area contributed by atoms with Crippen molar-refractivity contribution in [1.29, 1.82) is 0 Å². The smallest absolute Gasteiger partial charge is 0.405 e. The summed E-state index contributed by atoms with van der Waals surface area (Å²) in [6.45, 7) is -0.0850. The topological polar surface area (TPSA) is 77.6 Å². The second-order valence-electron chi connectivity index (χ2n) is 6.52. The highest BCUT2D eigenvalue weighted by molar-refractivity contribution is 5.97. The third-order valence-electron chi connectivity index (χ3n) is 4.56. The van der Waals surface area contributed by atoms with Crippen LogP contribution in [0.3, 0.4) is 0 Å². The fourth-order valence-electron chi connectivity index (χ4n) is 3.22. The van der Waals surface area contributed by atoms with Crippen LogP contribution in [0.4, 0.5) is 13.2 Å². The molecule has 7 nitrogen and oxygen atoms in total. The van der Waals surface area contributed by atoms with Gasteiger partial charge in [0.05, 0.1) is 28.8 Å². The lowest BCUT2D eigenvalue weighted by Crippen LogP contribution is -2.27. The highest BCUT2D eigenvalue weighted by atomic mass is 19.4. The summed E-state index contributed by atoms with van der Waals surface area (Å²) in [6, 6.07) is 14.0. The quantitative estimate of drug-likeness (QED) is 0.555. The SMILES string of the molecule is Cn1c(=O)n2nc(CNC(=O)c3ccccc3OC(F)(F)F)cc2c2ccccc21. The predicted octanol–water partition coefficient (Wildman–Crippen LogP) is 3.01. The number of fused-ring (bicyclic) bond motifs is 3. The van der Waals surface area contributed by atoms with Crippen molar-refractivity contribution in [3.8, 4) is 5.75 Å². The van der Waals surface area contributed by atoms with Gasteiger partial charge in [-0.3, -0.25) is 9.36 Å². The van der Waals surface area contributed by atoms with E-state index < -0.39 is 18.0 Å². The Labute approximate surface area is 167 Å². The number of aryl methyl sites for hydroxylation is 1. The lowest BCUT2D eigenvalue weighted by molar-refractivity contribution is -0.274. The monoisotopic (exact) mass is 416 g/mol. The largest absolute Gasteiger partial charge is 0.573 e. The Bertz CT molecular complexity index is 1320. The molecule has 2 aromatic heterocycles. The molecule has 154 valence electrons. The van der Waals surface area contributed by atoms with Gasteiger partial charge in [-0.05, 0) is 24.3 Å². The Hall–Kier alpha value is -3.82. The summed E-state index contributed by atoms with van der Waals surface area (Å²) in [5.41, 5.74) is 1.05. The maximum atomic E-state index is 12.6. The first-order valence-corrected chi connectivity index (χ1v) is 8.84. The molecule has 2 aromatic carbocycles. The highest BCUT2D eigenvalue weighted by Crippen LogP contribution is 2.26. The van der Waals surface area contributed by atoms with Gasteiger partial charge in [-0.25, -0.2) is 4.79 Å². The first-order chi connectivity index (χ1) is 14.2. The Kier molecular flexibility index (Phi) is 4.69. The van der Waals surface area contributed by atoms with E-state index in [0.29, 0.717) is 11.2 Å². The van der Waals surface area contributed by atoms with E-state index in [0.717, 1.165) is 17.0 Å². The summed E-state index contributed by atoms with van der Waals surface area (Å²) in [6.07, 6.45) is -4.92. The number of hydrogen-bond acceptors (Lipinski definition) is 4. The fraction of sp³-hybridized carbons (Fsp3) is 0.150. The molecule has 0 aliphatic rings. The van der Waals surface area contributed by atoms with Gasteiger partial charge in [-0.1, -0.05) is 30.3 Å². The van der Waals surface area contributed by atoms with Crippen LogP contribution in [0.15, 0.2) is 59.4 Å². The average Bonchev–Trinajstić information content (AvgIpc) is 3.14. The molecular formula is C20H15F3N4O3. The molecule has 0 atom stereocenters. The molecule has 0 saturated carbocycles. The van der Waals surface area contributed by atoms with Gasteiger partial charge in [0.1, 0.15) is 5.75 Å². The third-order valence-corrected chi connectivity index (χ3v) is 4.56. The molecule has 0 fully saturated rings. The van der Waals surface area contributed by atoms with Crippen molar-refractivity contribution >= 4 is 22.3 Å². The van der Waals surface area contributed by atoms with E-state index in [9.17, 15) is 22.8 Å². The average molecular weight is 416 g/mol. The van der Waals surface area contributed by atoms with Gasteiger partial charge in [0.25, 0.3) is 5.91 Å². The Morgan fingerprint density at radius 3 is 2.57 bits per heavy atom. The Balaban J connectivity index is 1.62. The standard InChI is InChI=1S/C20H15F3N4O3/c1-26-15-8-4-2-6-13(15)16-10-12(25-27(16)19(26)29)11-24-18(28)14-7-3-5-9-17(14)30-20(21,22)23/h2-10H,11H2,1H3,(H,24,28). The minimum Gasteiger partial charge on any atom is -0.405 e. The molecule has 1 amide bonds. The van der Waals surface area contributed by atoms with E-state index >= 15 is 0 Å². The number of amides is 1. The molecule has 0 aliphatic carbocycles. The molecule has 0 radical (unpaired) electrons. The number of aromatic nitrogens is 3. The van der Waals surface area contributed by atoms with E-state index in [1.54, 1.807) is 13.1 Å². The highest BCUT2D eigenvalue weighted by Gasteiger charge is 2.32. The van der Waals surface area contributed by atoms with Crippen LogP contribution in [-0.4, -0.2) is 26.5 Å². The number of para-hydroxylation sites is 2. The molecule has 0 spiro atoms. The van der Waals surface area contributed by atoms with Gasteiger partial charge in [0.15, 0.2) is 0 Å². The van der Waals surface area contributed by atoms with Crippen LogP contribution in [0.25, 0.3) is 16.4 Å². The van der Waals surface area contributed by atoms with Crippen molar-refractivity contribution in [2.45, 2.75) is 12.9 Å². The van der Waals surface area contributed by atoms with E-state index in [4.69, 9.17) is 0 Å². The number of alkyl halides is 3. The zero-order valence-corrected chi connectivity index (χ0v) is 15.6. The summed E-state index contributed by atoms with van der Waals surface area (Å²) in [5, 5.41) is 7.54. The van der Waals surface area contributed by atoms with Gasteiger partial charge in [-0.2, -0.15) is 9.61 Å². The van der Waals surface area contributed by atoms with Crippen LogP contribution in [0.5, 0.6) is 5.75 Å². The Morgan fingerprint density at radius 2 is 1.80 bits per heavy atom. The lowest BCUT2D eigenvalue weighted by Gasteiger charge is -2.12. The summed E-state index contributed by atoms with van der Waals surface area (Å²) < 4.78 is 44.3. The van der Waals surface area contributed by atoms with Crippen molar-refractivity contribution in [3.63, 3.8) is 0 Å². The van der Waals surface area contributed by atoms with Crippen molar-refractivity contribution in [2.75, 3.05) is 0 Å². The minimum absolute atomic E-state index is 0.0850. The molecule has 1 N–H and O–H groups in total. The van der Waals surface area contributed by atoms with Crippen LogP contribution < -0.4 is 15.7 Å². The number of ether oxygens (including phenoxy) is 1. The number of carbonyl (C=O) groups is 1. The van der Waals surface area contributed by atoms with Gasteiger partial charge in [0.2, 0.25) is 0 Å². The Morgan fingerprint density at radius 1 is 1.10 bits per heavy atom. The first kappa shape index (κ1) is 19.5. The number of hydrogen-bond donors (Lipinski definition) is 1. The second kappa shape index (κ2) is 7.21. The van der Waals surface area contributed by atoms with Crippen LogP contribution >= 0.6 is 0 Å². The molecule has 0 saturated heterocycles. The molecule has 4 rings (SSSR count). The number of nitrogens with one attached hydrogen (secondary N) is 1. The molecule has 10 heteroatoms. The summed E-state index contributed by atoms with van der Waals surface area (Å²) in [5.74, 6) is -1.36. The molecule has 0 unspecified atom stereocenters. The van der Waals surface area contributed by atoms with Crippen LogP contribution in [0.1, 0.15) is 16.1 Å². The summed E-state index contributed by atoms with van der Waals surface area (Å²) >= 11 is 0. The number of rotatable bonds is 4. The minimum atomic E-state index is -4.92. The van der Waals surface area contributed by atoms with E-state index in [-0.39, 0.29) is 17.8 Å². The lowest BCUT2D eigenvalue weighted by atomic mass is 10.2. The van der Waals surface area contributed by atoms with E-state index in [1.807, 2.05) is 24.3 Å². The van der Waals surface area contributed by atoms with Gasteiger partial charge < -0.3 is 10.1 Å². The number of benzene rings is 2. The van der Waals surface area contributed by atoms with E-state index in [1.165, 1.54) is 27.3 Å². The maximum Gasteiger partial charge on any atom is 0.573 e. The number of nitrogens with zero attached hydrogens (tertiary/aromatic N) is 3. The molecular weight excluding hydrogens is 401 g/mol. The number of halogens is 3.